The highest BCUT2D eigenvalue weighted by Crippen LogP contribution is 2.37. The molecule has 1 aliphatic carbocycles. The number of nitrogens with zero attached hydrogens (tertiary/aromatic N) is 2. The van der Waals surface area contributed by atoms with Crippen molar-refractivity contribution in [1.82, 2.24) is 0 Å². The molecule has 4 heteroatoms. The fraction of sp³-hybridized carbons (Fsp3) is 0.556. The molecule has 0 fully saturated rings. The first-order valence-corrected chi connectivity index (χ1v) is 15.0. The molecule has 0 bridgehead atoms. The van der Waals surface area contributed by atoms with Crippen LogP contribution in [0.25, 0.3) is 0 Å². The summed E-state index contributed by atoms with van der Waals surface area (Å²) in [7, 11) is 0. The summed E-state index contributed by atoms with van der Waals surface area (Å²) in [5.41, 5.74) is 3.98. The third kappa shape index (κ3) is 7.48. The first-order chi connectivity index (χ1) is 18.9. The molecule has 2 unspecified atom stereocenters. The minimum atomic E-state index is -0.117. The van der Waals surface area contributed by atoms with Crippen LogP contribution in [0.15, 0.2) is 36.4 Å². The summed E-state index contributed by atoms with van der Waals surface area (Å²) in [5.74, 6) is 0.927. The first kappa shape index (κ1) is 31.3. The van der Waals surface area contributed by atoms with Crippen molar-refractivity contribution in [3.63, 3.8) is 0 Å². The van der Waals surface area contributed by atoms with Gasteiger partial charge in [0.25, 0.3) is 0 Å². The van der Waals surface area contributed by atoms with Crippen LogP contribution in [0.4, 0.5) is 0 Å². The number of carbonyl (C=O) groups is 2. The predicted octanol–water partition coefficient (Wildman–Crippen LogP) is 9.24. The predicted molar refractivity (Wildman–Crippen MR) is 162 cm³/mol. The highest BCUT2D eigenvalue weighted by molar-refractivity contribution is 6.28. The van der Waals surface area contributed by atoms with Crippen LogP contribution in [0.3, 0.4) is 0 Å². The number of ketones is 2. The lowest BCUT2D eigenvalue weighted by atomic mass is 9.74. The Hall–Kier alpha value is -3.24. The summed E-state index contributed by atoms with van der Waals surface area (Å²) in [6.07, 6.45) is 9.34. The molecule has 1 aliphatic rings. The maximum atomic E-state index is 13.6. The van der Waals surface area contributed by atoms with Crippen LogP contribution in [0.1, 0.15) is 149 Å². The molecule has 212 valence electrons. The van der Waals surface area contributed by atoms with Gasteiger partial charge >= 0.3 is 0 Å². The molecule has 0 aliphatic heterocycles. The number of nitriles is 2. The molecule has 2 aromatic carbocycles. The van der Waals surface area contributed by atoms with Crippen LogP contribution < -0.4 is 0 Å². The van der Waals surface area contributed by atoms with Crippen LogP contribution in [0.5, 0.6) is 0 Å². The van der Waals surface area contributed by atoms with Crippen LogP contribution in [-0.4, -0.2) is 11.6 Å². The highest BCUT2D eigenvalue weighted by Gasteiger charge is 2.33. The Morgan fingerprint density at radius 3 is 1.35 bits per heavy atom. The van der Waals surface area contributed by atoms with Crippen LogP contribution in [0, 0.1) is 34.5 Å². The third-order valence-corrected chi connectivity index (χ3v) is 9.08. The zero-order valence-electron chi connectivity index (χ0n) is 25.4. The summed E-state index contributed by atoms with van der Waals surface area (Å²) in [6.45, 7) is 13.2. The third-order valence-electron chi connectivity index (χ3n) is 9.08. The van der Waals surface area contributed by atoms with Gasteiger partial charge in [-0.05, 0) is 83.7 Å². The molecule has 0 heterocycles. The van der Waals surface area contributed by atoms with Gasteiger partial charge in [-0.25, -0.2) is 0 Å². The van der Waals surface area contributed by atoms with Crippen molar-refractivity contribution >= 4 is 11.6 Å². The molecule has 0 saturated heterocycles. The topological polar surface area (TPSA) is 81.7 Å². The Morgan fingerprint density at radius 1 is 0.625 bits per heavy atom. The molecular formula is C36H46N2O2. The van der Waals surface area contributed by atoms with Gasteiger partial charge in [0.1, 0.15) is 0 Å². The van der Waals surface area contributed by atoms with Crippen LogP contribution in [0.2, 0.25) is 0 Å². The van der Waals surface area contributed by atoms with Crippen molar-refractivity contribution in [3.05, 3.63) is 69.8 Å². The summed E-state index contributed by atoms with van der Waals surface area (Å²) < 4.78 is 0. The van der Waals surface area contributed by atoms with Gasteiger partial charge in [0.05, 0.1) is 12.1 Å². The van der Waals surface area contributed by atoms with Crippen molar-refractivity contribution in [2.75, 3.05) is 0 Å². The SMILES string of the molecule is CC(CCC#N)CCCC(C)(C)c1ccc2c(c1)C(=O)c1ccc(C(C)(C)CCCC(C)CCC#N)cc1C2=O. The maximum Gasteiger partial charge on any atom is 0.194 e. The van der Waals surface area contributed by atoms with Gasteiger partial charge in [0, 0.05) is 35.1 Å². The average molecular weight is 539 g/mol. The Labute approximate surface area is 241 Å². The molecule has 0 spiro atoms. The number of carbonyl (C=O) groups excluding carboxylic acids is 2. The van der Waals surface area contributed by atoms with E-state index in [1.807, 2.05) is 36.4 Å². The van der Waals surface area contributed by atoms with Gasteiger partial charge in [0.2, 0.25) is 0 Å². The zero-order chi connectivity index (χ0) is 29.5. The summed E-state index contributed by atoms with van der Waals surface area (Å²) in [5, 5.41) is 17.7. The van der Waals surface area contributed by atoms with Gasteiger partial charge in [0.15, 0.2) is 11.6 Å². The number of fused-ring (bicyclic) bond motifs is 2. The lowest BCUT2D eigenvalue weighted by Gasteiger charge is -2.29. The highest BCUT2D eigenvalue weighted by atomic mass is 16.1. The van der Waals surface area contributed by atoms with Crippen LogP contribution >= 0.6 is 0 Å². The maximum absolute atomic E-state index is 13.6. The summed E-state index contributed by atoms with van der Waals surface area (Å²) in [4.78, 5) is 27.3. The lowest BCUT2D eigenvalue weighted by Crippen LogP contribution is -2.25. The quantitative estimate of drug-likeness (QED) is 0.205. The Morgan fingerprint density at radius 2 is 1.00 bits per heavy atom. The molecule has 0 amide bonds. The number of benzene rings is 2. The van der Waals surface area contributed by atoms with Crippen molar-refractivity contribution < 1.29 is 9.59 Å². The smallest absolute Gasteiger partial charge is 0.194 e. The molecule has 2 atom stereocenters. The molecule has 40 heavy (non-hydrogen) atoms. The fourth-order valence-electron chi connectivity index (χ4n) is 5.98. The Kier molecular flexibility index (Phi) is 10.5. The average Bonchev–Trinajstić information content (AvgIpc) is 2.92. The van der Waals surface area contributed by atoms with Crippen molar-refractivity contribution in [2.45, 2.75) is 117 Å². The minimum Gasteiger partial charge on any atom is -0.289 e. The van der Waals surface area contributed by atoms with Gasteiger partial charge in [-0.2, -0.15) is 10.5 Å². The summed E-state index contributed by atoms with van der Waals surface area (Å²) >= 11 is 0. The molecule has 0 N–H and O–H groups in total. The standard InChI is InChI=1S/C36H46N2O2/c1-25(13-9-21-37)11-7-19-35(3,4)27-15-17-29-31(23-27)33(39)30-18-16-28(24-32(30)34(29)40)36(5,6)20-8-12-26(2)14-10-22-38/h15-18,23-26H,7-14,19-20H2,1-6H3. The molecule has 0 aromatic heterocycles. The molecule has 4 nitrogen and oxygen atoms in total. The van der Waals surface area contributed by atoms with E-state index in [1.54, 1.807) is 0 Å². The molecule has 0 saturated carbocycles. The van der Waals surface area contributed by atoms with E-state index < -0.39 is 0 Å². The fourth-order valence-corrected chi connectivity index (χ4v) is 5.98. The first-order valence-electron chi connectivity index (χ1n) is 15.0. The van der Waals surface area contributed by atoms with E-state index in [1.165, 1.54) is 0 Å². The van der Waals surface area contributed by atoms with Crippen LogP contribution in [-0.2, 0) is 10.8 Å². The second-order valence-corrected chi connectivity index (χ2v) is 13.3. The van der Waals surface area contributed by atoms with E-state index in [0.717, 1.165) is 62.5 Å². The number of rotatable bonds is 14. The monoisotopic (exact) mass is 538 g/mol. The number of hydrogen-bond acceptors (Lipinski definition) is 4. The van der Waals surface area contributed by atoms with Gasteiger partial charge in [-0.15, -0.1) is 0 Å². The van der Waals surface area contributed by atoms with Gasteiger partial charge in [-0.1, -0.05) is 79.4 Å². The zero-order valence-corrected chi connectivity index (χ0v) is 25.4. The van der Waals surface area contributed by atoms with Crippen molar-refractivity contribution in [1.29, 1.82) is 10.5 Å². The van der Waals surface area contributed by atoms with E-state index in [0.29, 0.717) is 46.9 Å². The van der Waals surface area contributed by atoms with E-state index in [9.17, 15) is 9.59 Å². The van der Waals surface area contributed by atoms with E-state index >= 15 is 0 Å². The second kappa shape index (κ2) is 13.4. The molecule has 0 radical (unpaired) electrons. The second-order valence-electron chi connectivity index (χ2n) is 13.3. The largest absolute Gasteiger partial charge is 0.289 e. The van der Waals surface area contributed by atoms with Crippen molar-refractivity contribution in [3.8, 4) is 12.1 Å². The van der Waals surface area contributed by atoms with E-state index in [2.05, 4.69) is 53.7 Å². The normalized spacial score (nSPS) is 14.6. The number of hydrogen-bond donors (Lipinski definition) is 0. The molecule has 3 rings (SSSR count). The van der Waals surface area contributed by atoms with Gasteiger partial charge in [-0.3, -0.25) is 9.59 Å². The summed E-state index contributed by atoms with van der Waals surface area (Å²) in [6, 6.07) is 16.1. The molecule has 2 aromatic rings. The van der Waals surface area contributed by atoms with Crippen molar-refractivity contribution in [2.24, 2.45) is 11.8 Å². The minimum absolute atomic E-state index is 0.0666. The van der Waals surface area contributed by atoms with E-state index in [4.69, 9.17) is 10.5 Å². The molecular weight excluding hydrogens is 492 g/mol. The van der Waals surface area contributed by atoms with E-state index in [-0.39, 0.29) is 22.4 Å². The van der Waals surface area contributed by atoms with Gasteiger partial charge < -0.3 is 0 Å². The Balaban J connectivity index is 1.75. The lowest BCUT2D eigenvalue weighted by molar-refractivity contribution is 0.0978. The Bertz CT molecular complexity index is 1200.